The molecule has 0 aromatic heterocycles. The zero-order chi connectivity index (χ0) is 9.31. The maximum Gasteiger partial charge on any atom is 0.0464 e. The molecule has 2 atom stereocenters. The molecule has 2 aliphatic carbocycles. The summed E-state index contributed by atoms with van der Waals surface area (Å²) in [5, 5.41) is 9.37. The molecule has 0 aromatic carbocycles. The van der Waals surface area contributed by atoms with Gasteiger partial charge in [-0.15, -0.1) is 0 Å². The molecule has 0 amide bonds. The second kappa shape index (κ2) is 3.45. The molecule has 0 bridgehead atoms. The van der Waals surface area contributed by atoms with Crippen LogP contribution >= 0.6 is 0 Å². The summed E-state index contributed by atoms with van der Waals surface area (Å²) in [6.07, 6.45) is 8.94. The lowest BCUT2D eigenvalue weighted by atomic mass is 9.65. The quantitative estimate of drug-likeness (QED) is 0.615. The Kier molecular flexibility index (Phi) is 2.46. The maximum absolute atomic E-state index is 9.37. The van der Waals surface area contributed by atoms with E-state index in [0.717, 1.165) is 0 Å². The van der Waals surface area contributed by atoms with Crippen LogP contribution in [0.4, 0.5) is 0 Å². The topological polar surface area (TPSA) is 20.2 Å². The lowest BCUT2D eigenvalue weighted by Gasteiger charge is -2.40. The molecule has 0 saturated heterocycles. The van der Waals surface area contributed by atoms with E-state index in [1.54, 1.807) is 0 Å². The minimum Gasteiger partial charge on any atom is -0.396 e. The Morgan fingerprint density at radius 3 is 2.85 bits per heavy atom. The number of rotatable bonds is 1. The summed E-state index contributed by atoms with van der Waals surface area (Å²) in [6, 6.07) is 0. The van der Waals surface area contributed by atoms with Crippen LogP contribution in [0, 0.1) is 11.3 Å². The van der Waals surface area contributed by atoms with E-state index in [4.69, 9.17) is 0 Å². The van der Waals surface area contributed by atoms with E-state index in [0.29, 0.717) is 17.9 Å². The molecule has 13 heavy (non-hydrogen) atoms. The summed E-state index contributed by atoms with van der Waals surface area (Å²) in [4.78, 5) is 0. The number of hydrogen-bond donors (Lipinski definition) is 1. The highest BCUT2D eigenvalue weighted by Crippen LogP contribution is 2.53. The molecular formula is C12H20O. The first-order valence-corrected chi connectivity index (χ1v) is 5.54. The van der Waals surface area contributed by atoms with Crippen molar-refractivity contribution in [2.24, 2.45) is 11.3 Å². The van der Waals surface area contributed by atoms with E-state index in [1.165, 1.54) is 50.5 Å². The van der Waals surface area contributed by atoms with E-state index < -0.39 is 0 Å². The minimum atomic E-state index is 0.396. The van der Waals surface area contributed by atoms with Crippen LogP contribution in [-0.4, -0.2) is 11.7 Å². The summed E-state index contributed by atoms with van der Waals surface area (Å²) in [5.74, 6) is 0.570. The highest BCUT2D eigenvalue weighted by molar-refractivity contribution is 5.10. The van der Waals surface area contributed by atoms with Crippen molar-refractivity contribution in [2.45, 2.75) is 44.9 Å². The van der Waals surface area contributed by atoms with Crippen molar-refractivity contribution in [3.63, 3.8) is 0 Å². The molecule has 0 radical (unpaired) electrons. The fourth-order valence-electron chi connectivity index (χ4n) is 3.33. The van der Waals surface area contributed by atoms with Gasteiger partial charge >= 0.3 is 0 Å². The normalized spacial score (nSPS) is 40.1. The maximum atomic E-state index is 9.37. The third kappa shape index (κ3) is 1.54. The largest absolute Gasteiger partial charge is 0.396 e. The average molecular weight is 180 g/mol. The Bertz CT molecular complexity index is 209. The van der Waals surface area contributed by atoms with Gasteiger partial charge in [-0.1, -0.05) is 25.0 Å². The van der Waals surface area contributed by atoms with Crippen molar-refractivity contribution in [2.75, 3.05) is 6.61 Å². The lowest BCUT2D eigenvalue weighted by molar-refractivity contribution is 0.0512. The minimum absolute atomic E-state index is 0.396. The van der Waals surface area contributed by atoms with Gasteiger partial charge in [-0.25, -0.2) is 0 Å². The molecule has 2 fully saturated rings. The van der Waals surface area contributed by atoms with Gasteiger partial charge in [0.1, 0.15) is 0 Å². The van der Waals surface area contributed by atoms with Gasteiger partial charge in [-0.3, -0.25) is 0 Å². The lowest BCUT2D eigenvalue weighted by Crippen LogP contribution is -2.33. The summed E-state index contributed by atoms with van der Waals surface area (Å²) in [7, 11) is 0. The average Bonchev–Trinajstić information content (AvgIpc) is 2.49. The number of aliphatic hydroxyl groups excluding tert-OH is 1. The molecule has 1 heteroatoms. The molecule has 0 aromatic rings. The van der Waals surface area contributed by atoms with Crippen molar-refractivity contribution in [1.82, 2.24) is 0 Å². The zero-order valence-corrected chi connectivity index (χ0v) is 8.39. The SMILES string of the molecule is C=C1CC[C@]2(CCCC[C@H]2CO)C1. The summed E-state index contributed by atoms with van der Waals surface area (Å²) in [6.45, 7) is 4.49. The van der Waals surface area contributed by atoms with Crippen LogP contribution in [0.1, 0.15) is 44.9 Å². The molecular weight excluding hydrogens is 160 g/mol. The van der Waals surface area contributed by atoms with Crippen molar-refractivity contribution in [3.8, 4) is 0 Å². The molecule has 1 N–H and O–H groups in total. The number of aliphatic hydroxyl groups is 1. The summed E-state index contributed by atoms with van der Waals surface area (Å²) >= 11 is 0. The highest BCUT2D eigenvalue weighted by Gasteiger charge is 2.43. The fourth-order valence-corrected chi connectivity index (χ4v) is 3.33. The van der Waals surface area contributed by atoms with Crippen molar-refractivity contribution in [1.29, 1.82) is 0 Å². The number of allylic oxidation sites excluding steroid dienone is 1. The van der Waals surface area contributed by atoms with Gasteiger partial charge in [0.05, 0.1) is 0 Å². The fraction of sp³-hybridized carbons (Fsp3) is 0.833. The first-order valence-electron chi connectivity index (χ1n) is 5.54. The van der Waals surface area contributed by atoms with Crippen LogP contribution in [0.15, 0.2) is 12.2 Å². The zero-order valence-electron chi connectivity index (χ0n) is 8.39. The molecule has 2 saturated carbocycles. The van der Waals surface area contributed by atoms with E-state index in [9.17, 15) is 5.11 Å². The summed E-state index contributed by atoms with van der Waals surface area (Å²) < 4.78 is 0. The standard InChI is InChI=1S/C12H20O/c1-10-5-7-12(8-10)6-3-2-4-11(12)9-13/h11,13H,1-9H2/t11-,12+/m0/s1. The van der Waals surface area contributed by atoms with Gasteiger partial charge < -0.3 is 5.11 Å². The van der Waals surface area contributed by atoms with E-state index in [2.05, 4.69) is 6.58 Å². The second-order valence-corrected chi connectivity index (χ2v) is 4.91. The number of hydrogen-bond acceptors (Lipinski definition) is 1. The molecule has 2 aliphatic rings. The Balaban J connectivity index is 2.13. The predicted molar refractivity (Wildman–Crippen MR) is 54.5 cm³/mol. The van der Waals surface area contributed by atoms with Gasteiger partial charge in [-0.05, 0) is 43.4 Å². The van der Waals surface area contributed by atoms with Crippen molar-refractivity contribution < 1.29 is 5.11 Å². The van der Waals surface area contributed by atoms with Crippen LogP contribution in [-0.2, 0) is 0 Å². The third-order valence-corrected chi connectivity index (χ3v) is 4.14. The van der Waals surface area contributed by atoms with Crippen molar-refractivity contribution in [3.05, 3.63) is 12.2 Å². The van der Waals surface area contributed by atoms with Crippen LogP contribution in [0.25, 0.3) is 0 Å². The highest BCUT2D eigenvalue weighted by atomic mass is 16.3. The molecule has 74 valence electrons. The molecule has 0 unspecified atom stereocenters. The van der Waals surface area contributed by atoms with Crippen LogP contribution in [0.5, 0.6) is 0 Å². The monoisotopic (exact) mass is 180 g/mol. The molecule has 0 heterocycles. The van der Waals surface area contributed by atoms with E-state index in [-0.39, 0.29) is 0 Å². The Hall–Kier alpha value is -0.300. The van der Waals surface area contributed by atoms with Gasteiger partial charge in [0.15, 0.2) is 0 Å². The van der Waals surface area contributed by atoms with Crippen molar-refractivity contribution >= 4 is 0 Å². The Labute approximate surface area is 80.8 Å². The second-order valence-electron chi connectivity index (χ2n) is 4.91. The van der Waals surface area contributed by atoms with Gasteiger partial charge in [-0.2, -0.15) is 0 Å². The van der Waals surface area contributed by atoms with Gasteiger partial charge in [0.25, 0.3) is 0 Å². The third-order valence-electron chi connectivity index (χ3n) is 4.14. The molecule has 2 rings (SSSR count). The van der Waals surface area contributed by atoms with Gasteiger partial charge in [0, 0.05) is 6.61 Å². The van der Waals surface area contributed by atoms with Gasteiger partial charge in [0.2, 0.25) is 0 Å². The van der Waals surface area contributed by atoms with Crippen LogP contribution in [0.3, 0.4) is 0 Å². The van der Waals surface area contributed by atoms with E-state index in [1.807, 2.05) is 0 Å². The molecule has 1 spiro atoms. The molecule has 1 nitrogen and oxygen atoms in total. The smallest absolute Gasteiger partial charge is 0.0464 e. The molecule has 0 aliphatic heterocycles. The predicted octanol–water partition coefficient (Wildman–Crippen LogP) is 2.90. The van der Waals surface area contributed by atoms with E-state index >= 15 is 0 Å². The summed E-state index contributed by atoms with van der Waals surface area (Å²) in [5.41, 5.74) is 1.88. The Morgan fingerprint density at radius 1 is 1.38 bits per heavy atom. The van der Waals surface area contributed by atoms with Crippen LogP contribution < -0.4 is 0 Å². The first kappa shape index (κ1) is 9.26. The first-order chi connectivity index (χ1) is 6.27. The van der Waals surface area contributed by atoms with Crippen LogP contribution in [0.2, 0.25) is 0 Å². The Morgan fingerprint density at radius 2 is 2.23 bits per heavy atom.